The number of carbonyl (C=O) groups excluding carboxylic acids is 1. The van der Waals surface area contributed by atoms with E-state index in [1.165, 1.54) is 12.1 Å². The minimum absolute atomic E-state index is 0.0376. The Morgan fingerprint density at radius 3 is 2.10 bits per heavy atom. The summed E-state index contributed by atoms with van der Waals surface area (Å²) in [6, 6.07) is 22.1. The fourth-order valence-electron chi connectivity index (χ4n) is 4.00. The van der Waals surface area contributed by atoms with Gasteiger partial charge in [-0.2, -0.15) is 4.31 Å². The number of hydrogen-bond donors (Lipinski definition) is 2. The van der Waals surface area contributed by atoms with Crippen molar-refractivity contribution in [3.63, 3.8) is 0 Å². The maximum absolute atomic E-state index is 13.6. The van der Waals surface area contributed by atoms with E-state index in [9.17, 15) is 28.4 Å². The fraction of sp³-hybridized carbons (Fsp3) is 0.345. The molecule has 3 aromatic rings. The summed E-state index contributed by atoms with van der Waals surface area (Å²) in [6.45, 7) is 3.76. The van der Waals surface area contributed by atoms with E-state index in [-0.39, 0.29) is 42.6 Å². The van der Waals surface area contributed by atoms with Crippen LogP contribution >= 0.6 is 0 Å². The third-order valence-electron chi connectivity index (χ3n) is 6.31. The monoisotopic (exact) mass is 569 g/mol. The predicted octanol–water partition coefficient (Wildman–Crippen LogP) is 4.53. The molecule has 3 aromatic carbocycles. The molecule has 2 atom stereocenters. The van der Waals surface area contributed by atoms with Gasteiger partial charge < -0.3 is 15.2 Å². The van der Waals surface area contributed by atoms with Crippen LogP contribution in [0, 0.1) is 16.0 Å². The summed E-state index contributed by atoms with van der Waals surface area (Å²) in [5.74, 6) is 0.179. The van der Waals surface area contributed by atoms with Crippen molar-refractivity contribution in [1.82, 2.24) is 9.62 Å². The Morgan fingerprint density at radius 1 is 0.975 bits per heavy atom. The molecule has 11 heteroatoms. The minimum atomic E-state index is -4.11. The number of nitrogens with one attached hydrogen (secondary N) is 1. The van der Waals surface area contributed by atoms with Gasteiger partial charge in [-0.05, 0) is 42.0 Å². The topological polar surface area (TPSA) is 139 Å². The van der Waals surface area contributed by atoms with Crippen LogP contribution in [0.5, 0.6) is 0 Å². The number of carbonyl (C=O) groups is 1. The molecule has 1 amide bonds. The van der Waals surface area contributed by atoms with Gasteiger partial charge in [-0.15, -0.1) is 0 Å². The first-order valence-corrected chi connectivity index (χ1v) is 14.4. The highest BCUT2D eigenvalue weighted by molar-refractivity contribution is 7.89. The first-order valence-electron chi connectivity index (χ1n) is 13.0. The van der Waals surface area contributed by atoms with Crippen molar-refractivity contribution in [3.05, 3.63) is 106 Å². The highest BCUT2D eigenvalue weighted by atomic mass is 32.2. The number of non-ortho nitro benzene ring substituents is 1. The average Bonchev–Trinajstić information content (AvgIpc) is 2.94. The van der Waals surface area contributed by atoms with Crippen molar-refractivity contribution >= 4 is 21.8 Å². The molecule has 0 aliphatic carbocycles. The molecule has 0 aliphatic heterocycles. The first-order chi connectivity index (χ1) is 19.1. The quantitative estimate of drug-likeness (QED) is 0.215. The SMILES string of the molecule is CC(C)CCN(CC(O)[C@H](Cc1ccccc1)NC(=O)OCc1ccccc1)S(=O)(=O)c1ccc([N+](=O)[O-])cc1. The molecule has 0 bridgehead atoms. The van der Waals surface area contributed by atoms with Gasteiger partial charge in [0.15, 0.2) is 0 Å². The molecule has 10 nitrogen and oxygen atoms in total. The smallest absolute Gasteiger partial charge is 0.407 e. The lowest BCUT2D eigenvalue weighted by atomic mass is 10.0. The molecular formula is C29H35N3O7S. The molecule has 3 rings (SSSR count). The molecule has 0 aromatic heterocycles. The van der Waals surface area contributed by atoms with Crippen LogP contribution in [0.4, 0.5) is 10.5 Å². The third-order valence-corrected chi connectivity index (χ3v) is 8.19. The molecular weight excluding hydrogens is 534 g/mol. The van der Waals surface area contributed by atoms with Gasteiger partial charge in [0.25, 0.3) is 5.69 Å². The van der Waals surface area contributed by atoms with Crippen LogP contribution in [0.1, 0.15) is 31.4 Å². The normalized spacial score (nSPS) is 13.1. The third kappa shape index (κ3) is 9.15. The van der Waals surface area contributed by atoms with Crippen LogP contribution in [-0.4, -0.2) is 54.1 Å². The lowest BCUT2D eigenvalue weighted by Gasteiger charge is -2.30. The van der Waals surface area contributed by atoms with Gasteiger partial charge in [-0.3, -0.25) is 10.1 Å². The summed E-state index contributed by atoms with van der Waals surface area (Å²) < 4.78 is 33.6. The Hall–Kier alpha value is -3.80. The summed E-state index contributed by atoms with van der Waals surface area (Å²) in [5.41, 5.74) is 1.41. The summed E-state index contributed by atoms with van der Waals surface area (Å²) in [4.78, 5) is 23.0. The van der Waals surface area contributed by atoms with Crippen LogP contribution in [0.3, 0.4) is 0 Å². The number of benzene rings is 3. The number of alkyl carbamates (subject to hydrolysis) is 1. The summed E-state index contributed by atoms with van der Waals surface area (Å²) >= 11 is 0. The zero-order valence-electron chi connectivity index (χ0n) is 22.5. The molecule has 214 valence electrons. The number of aliphatic hydroxyl groups is 1. The summed E-state index contributed by atoms with van der Waals surface area (Å²) in [6.07, 6.45) is -1.27. The Labute approximate surface area is 234 Å². The van der Waals surface area contributed by atoms with E-state index in [4.69, 9.17) is 4.74 Å². The van der Waals surface area contributed by atoms with Gasteiger partial charge in [-0.1, -0.05) is 74.5 Å². The van der Waals surface area contributed by atoms with E-state index < -0.39 is 33.2 Å². The van der Waals surface area contributed by atoms with Crippen LogP contribution in [0.15, 0.2) is 89.8 Å². The molecule has 0 radical (unpaired) electrons. The lowest BCUT2D eigenvalue weighted by Crippen LogP contribution is -2.50. The Kier molecular flexibility index (Phi) is 11.2. The fourth-order valence-corrected chi connectivity index (χ4v) is 5.48. The number of rotatable bonds is 14. The van der Waals surface area contributed by atoms with E-state index in [0.29, 0.717) is 6.42 Å². The summed E-state index contributed by atoms with van der Waals surface area (Å²) in [5, 5.41) is 25.0. The zero-order valence-corrected chi connectivity index (χ0v) is 23.4. The number of sulfonamides is 1. The molecule has 1 unspecified atom stereocenters. The Bertz CT molecular complexity index is 1340. The van der Waals surface area contributed by atoms with Gasteiger partial charge in [0.05, 0.1) is 22.0 Å². The van der Waals surface area contributed by atoms with Crippen LogP contribution in [0.2, 0.25) is 0 Å². The number of aliphatic hydroxyl groups excluding tert-OH is 1. The van der Waals surface area contributed by atoms with Crippen molar-refractivity contribution in [1.29, 1.82) is 0 Å². The number of amides is 1. The minimum Gasteiger partial charge on any atom is -0.445 e. The van der Waals surface area contributed by atoms with Crippen molar-refractivity contribution in [2.75, 3.05) is 13.1 Å². The van der Waals surface area contributed by atoms with E-state index in [0.717, 1.165) is 27.6 Å². The Balaban J connectivity index is 1.81. The zero-order chi connectivity index (χ0) is 29.1. The van der Waals surface area contributed by atoms with Gasteiger partial charge in [-0.25, -0.2) is 13.2 Å². The second-order valence-electron chi connectivity index (χ2n) is 9.87. The van der Waals surface area contributed by atoms with Crippen molar-refractivity contribution < 1.29 is 28.0 Å². The number of hydrogen-bond acceptors (Lipinski definition) is 7. The Morgan fingerprint density at radius 2 is 1.55 bits per heavy atom. The highest BCUT2D eigenvalue weighted by Crippen LogP contribution is 2.22. The number of nitro benzene ring substituents is 1. The number of ether oxygens (including phenoxy) is 1. The van der Waals surface area contributed by atoms with E-state index in [1.807, 2.05) is 74.5 Å². The van der Waals surface area contributed by atoms with E-state index in [2.05, 4.69) is 5.32 Å². The maximum Gasteiger partial charge on any atom is 0.407 e. The van der Waals surface area contributed by atoms with Crippen molar-refractivity contribution in [3.8, 4) is 0 Å². The molecule has 0 saturated heterocycles. The van der Waals surface area contributed by atoms with Crippen LogP contribution in [-0.2, 0) is 27.8 Å². The second kappa shape index (κ2) is 14.5. The van der Waals surface area contributed by atoms with Crippen molar-refractivity contribution in [2.45, 2.75) is 50.3 Å². The van der Waals surface area contributed by atoms with Crippen LogP contribution < -0.4 is 5.32 Å². The van der Waals surface area contributed by atoms with Gasteiger partial charge in [0, 0.05) is 25.2 Å². The molecule has 0 spiro atoms. The second-order valence-corrected chi connectivity index (χ2v) is 11.8. The molecule has 0 aliphatic rings. The first kappa shape index (κ1) is 30.7. The van der Waals surface area contributed by atoms with Gasteiger partial charge in [0.2, 0.25) is 10.0 Å². The van der Waals surface area contributed by atoms with Gasteiger partial charge >= 0.3 is 6.09 Å². The van der Waals surface area contributed by atoms with Gasteiger partial charge in [0.1, 0.15) is 6.61 Å². The molecule has 0 fully saturated rings. The largest absolute Gasteiger partial charge is 0.445 e. The highest BCUT2D eigenvalue weighted by Gasteiger charge is 2.31. The molecule has 40 heavy (non-hydrogen) atoms. The molecule has 0 heterocycles. The van der Waals surface area contributed by atoms with Crippen molar-refractivity contribution in [2.24, 2.45) is 5.92 Å². The lowest BCUT2D eigenvalue weighted by molar-refractivity contribution is -0.384. The van der Waals surface area contributed by atoms with Crippen LogP contribution in [0.25, 0.3) is 0 Å². The molecule has 2 N–H and O–H groups in total. The van der Waals surface area contributed by atoms with E-state index in [1.54, 1.807) is 0 Å². The maximum atomic E-state index is 13.6. The standard InChI is InChI=1S/C29H35N3O7S/c1-22(2)17-18-31(40(37,38)26-15-13-25(14-16-26)32(35)36)20-28(33)27(19-23-9-5-3-6-10-23)30-29(34)39-21-24-11-7-4-8-12-24/h3-16,22,27-28,33H,17-21H2,1-2H3,(H,30,34)/t27-,28?/m0/s1. The number of nitrogens with zero attached hydrogens (tertiary/aromatic N) is 2. The molecule has 0 saturated carbocycles. The number of nitro groups is 1. The summed E-state index contributed by atoms with van der Waals surface area (Å²) in [7, 11) is -4.11. The van der Waals surface area contributed by atoms with E-state index >= 15 is 0 Å². The average molecular weight is 570 g/mol. The predicted molar refractivity (Wildman–Crippen MR) is 151 cm³/mol.